The fourth-order valence-electron chi connectivity index (χ4n) is 5.01. The summed E-state index contributed by atoms with van der Waals surface area (Å²) < 4.78 is 31.0. The van der Waals surface area contributed by atoms with Gasteiger partial charge in [-0.1, -0.05) is 0 Å². The average Bonchev–Trinajstić information content (AvgIpc) is 3.46. The Hall–Kier alpha value is -1.52. The van der Waals surface area contributed by atoms with E-state index in [2.05, 4.69) is 21.7 Å². The van der Waals surface area contributed by atoms with Crippen LogP contribution in [0.3, 0.4) is 0 Å². The van der Waals surface area contributed by atoms with E-state index >= 15 is 0 Å². The summed E-state index contributed by atoms with van der Waals surface area (Å²) in [6, 6.07) is 0. The third kappa shape index (κ3) is 4.55. The molecule has 3 fully saturated rings. The van der Waals surface area contributed by atoms with E-state index in [-0.39, 0.29) is 11.8 Å². The second-order valence-corrected chi connectivity index (χ2v) is 10.7. The van der Waals surface area contributed by atoms with Gasteiger partial charge in [-0.3, -0.25) is 4.79 Å². The average molecular weight is 439 g/mol. The van der Waals surface area contributed by atoms with Crippen molar-refractivity contribution in [3.05, 3.63) is 12.2 Å². The molecule has 0 bridgehead atoms. The standard InChI is InChI=1S/C20H34N6O3S/c1-2-23-16-21-22-19(23)14-17-7-12-24(13-8-17)20(27)18-6-5-11-26(15-18)30(28,29)25-9-3-4-10-25/h16-18H,2-15H2,1H3. The number of hydrogen-bond donors (Lipinski definition) is 0. The van der Waals surface area contributed by atoms with E-state index in [9.17, 15) is 13.2 Å². The fourth-order valence-corrected chi connectivity index (χ4v) is 6.79. The molecule has 168 valence electrons. The normalized spacial score (nSPS) is 25.1. The van der Waals surface area contributed by atoms with Gasteiger partial charge >= 0.3 is 0 Å². The smallest absolute Gasteiger partial charge is 0.281 e. The molecule has 0 radical (unpaired) electrons. The van der Waals surface area contributed by atoms with Crippen molar-refractivity contribution in [2.75, 3.05) is 39.3 Å². The third-order valence-electron chi connectivity index (χ3n) is 6.88. The van der Waals surface area contributed by atoms with Crippen molar-refractivity contribution in [1.82, 2.24) is 28.3 Å². The summed E-state index contributed by atoms with van der Waals surface area (Å²) in [4.78, 5) is 15.1. The zero-order chi connectivity index (χ0) is 21.1. The Kier molecular flexibility index (Phi) is 6.74. The maximum Gasteiger partial charge on any atom is 0.281 e. The largest absolute Gasteiger partial charge is 0.342 e. The third-order valence-corrected chi connectivity index (χ3v) is 8.89. The molecule has 3 aliphatic rings. The molecule has 1 aromatic heterocycles. The predicted octanol–water partition coefficient (Wildman–Crippen LogP) is 1.13. The van der Waals surface area contributed by atoms with Gasteiger partial charge in [0, 0.05) is 52.2 Å². The van der Waals surface area contributed by atoms with E-state index in [1.54, 1.807) is 14.9 Å². The number of aryl methyl sites for hydroxylation is 1. The van der Waals surface area contributed by atoms with Gasteiger partial charge in [-0.25, -0.2) is 0 Å². The lowest BCUT2D eigenvalue weighted by Gasteiger charge is -2.38. The van der Waals surface area contributed by atoms with Crippen molar-refractivity contribution in [2.24, 2.45) is 11.8 Å². The summed E-state index contributed by atoms with van der Waals surface area (Å²) in [5.41, 5.74) is 0. The molecule has 4 heterocycles. The number of rotatable bonds is 6. The van der Waals surface area contributed by atoms with Crippen LogP contribution in [-0.4, -0.2) is 81.9 Å². The van der Waals surface area contributed by atoms with Crippen LogP contribution in [0, 0.1) is 11.8 Å². The van der Waals surface area contributed by atoms with Crippen molar-refractivity contribution in [2.45, 2.75) is 58.4 Å². The van der Waals surface area contributed by atoms with Crippen molar-refractivity contribution in [1.29, 1.82) is 0 Å². The van der Waals surface area contributed by atoms with Crippen LogP contribution in [0.4, 0.5) is 0 Å². The molecular weight excluding hydrogens is 404 g/mol. The van der Waals surface area contributed by atoms with Gasteiger partial charge in [0.25, 0.3) is 10.2 Å². The Morgan fingerprint density at radius 1 is 1.03 bits per heavy atom. The molecule has 0 N–H and O–H groups in total. The predicted molar refractivity (Wildman–Crippen MR) is 113 cm³/mol. The Morgan fingerprint density at radius 2 is 1.73 bits per heavy atom. The van der Waals surface area contributed by atoms with Gasteiger partial charge in [-0.15, -0.1) is 10.2 Å². The van der Waals surface area contributed by atoms with E-state index in [1.807, 2.05) is 4.90 Å². The minimum Gasteiger partial charge on any atom is -0.342 e. The first-order valence-electron chi connectivity index (χ1n) is 11.4. The monoisotopic (exact) mass is 438 g/mol. The van der Waals surface area contributed by atoms with Gasteiger partial charge in [-0.05, 0) is 51.4 Å². The molecule has 3 aliphatic heterocycles. The lowest BCUT2D eigenvalue weighted by atomic mass is 9.91. The molecule has 3 saturated heterocycles. The Balaban J connectivity index is 1.30. The summed E-state index contributed by atoms with van der Waals surface area (Å²) in [5.74, 6) is 1.46. The van der Waals surface area contributed by atoms with E-state index in [0.717, 1.165) is 70.4 Å². The van der Waals surface area contributed by atoms with Gasteiger partial charge in [0.05, 0.1) is 5.92 Å². The number of nitrogens with zero attached hydrogens (tertiary/aromatic N) is 6. The van der Waals surface area contributed by atoms with Crippen molar-refractivity contribution in [3.8, 4) is 0 Å². The van der Waals surface area contributed by atoms with Gasteiger partial charge in [0.15, 0.2) is 0 Å². The van der Waals surface area contributed by atoms with Crippen LogP contribution >= 0.6 is 0 Å². The van der Waals surface area contributed by atoms with E-state index < -0.39 is 10.2 Å². The topological polar surface area (TPSA) is 91.6 Å². The Morgan fingerprint density at radius 3 is 2.43 bits per heavy atom. The maximum absolute atomic E-state index is 13.1. The molecule has 1 amide bonds. The summed E-state index contributed by atoms with van der Waals surface area (Å²) in [5, 5.41) is 8.25. The minimum absolute atomic E-state index is 0.131. The van der Waals surface area contributed by atoms with Crippen LogP contribution in [-0.2, 0) is 28.0 Å². The number of carbonyl (C=O) groups excluding carboxylic acids is 1. The van der Waals surface area contributed by atoms with E-state index in [1.165, 1.54) is 0 Å². The van der Waals surface area contributed by atoms with Gasteiger partial charge in [0.2, 0.25) is 5.91 Å². The number of carbonyl (C=O) groups is 1. The van der Waals surface area contributed by atoms with Crippen molar-refractivity contribution >= 4 is 16.1 Å². The molecule has 1 atom stereocenters. The van der Waals surface area contributed by atoms with Gasteiger partial charge in [-0.2, -0.15) is 17.0 Å². The number of likely N-dealkylation sites (tertiary alicyclic amines) is 1. The maximum atomic E-state index is 13.1. The van der Waals surface area contributed by atoms with E-state index in [0.29, 0.717) is 32.1 Å². The Labute approximate surface area is 179 Å². The molecule has 1 unspecified atom stereocenters. The SMILES string of the molecule is CCn1cnnc1CC1CCN(C(=O)C2CCCN(S(=O)(=O)N3CCCC3)C2)CC1. The highest BCUT2D eigenvalue weighted by Gasteiger charge is 2.38. The van der Waals surface area contributed by atoms with Crippen LogP contribution in [0.5, 0.6) is 0 Å². The summed E-state index contributed by atoms with van der Waals surface area (Å²) >= 11 is 0. The first-order chi connectivity index (χ1) is 14.5. The zero-order valence-corrected chi connectivity index (χ0v) is 18.8. The number of amides is 1. The molecule has 0 spiro atoms. The zero-order valence-electron chi connectivity index (χ0n) is 17.9. The first-order valence-corrected chi connectivity index (χ1v) is 12.8. The molecule has 0 aromatic carbocycles. The molecule has 30 heavy (non-hydrogen) atoms. The van der Waals surface area contributed by atoms with Crippen molar-refractivity contribution in [3.63, 3.8) is 0 Å². The second-order valence-electron chi connectivity index (χ2n) is 8.82. The van der Waals surface area contributed by atoms with Crippen molar-refractivity contribution < 1.29 is 13.2 Å². The molecule has 0 aliphatic carbocycles. The lowest BCUT2D eigenvalue weighted by molar-refractivity contribution is -0.138. The van der Waals surface area contributed by atoms with E-state index in [4.69, 9.17) is 0 Å². The van der Waals surface area contributed by atoms with Crippen LogP contribution in [0.25, 0.3) is 0 Å². The summed E-state index contributed by atoms with van der Waals surface area (Å²) in [6.45, 7) is 6.54. The second kappa shape index (κ2) is 9.32. The quantitative estimate of drug-likeness (QED) is 0.664. The Bertz CT molecular complexity index is 827. The fraction of sp³-hybridized carbons (Fsp3) is 0.850. The number of aromatic nitrogens is 3. The van der Waals surface area contributed by atoms with Crippen LogP contribution in [0.15, 0.2) is 6.33 Å². The molecule has 9 nitrogen and oxygen atoms in total. The highest BCUT2D eigenvalue weighted by molar-refractivity contribution is 7.86. The minimum atomic E-state index is -3.42. The highest BCUT2D eigenvalue weighted by Crippen LogP contribution is 2.27. The van der Waals surface area contributed by atoms with Crippen LogP contribution < -0.4 is 0 Å². The molecule has 0 saturated carbocycles. The molecule has 4 rings (SSSR count). The number of piperidine rings is 2. The van der Waals surface area contributed by atoms with Crippen LogP contribution in [0.1, 0.15) is 51.3 Å². The lowest BCUT2D eigenvalue weighted by Crippen LogP contribution is -2.51. The highest BCUT2D eigenvalue weighted by atomic mass is 32.2. The summed E-state index contributed by atoms with van der Waals surface area (Å²) in [7, 11) is -3.42. The van der Waals surface area contributed by atoms with Crippen LogP contribution in [0.2, 0.25) is 0 Å². The molecule has 10 heteroatoms. The number of hydrogen-bond acceptors (Lipinski definition) is 5. The summed E-state index contributed by atoms with van der Waals surface area (Å²) in [6.07, 6.45) is 8.00. The molecular formula is C20H34N6O3S. The first kappa shape index (κ1) is 21.7. The van der Waals surface area contributed by atoms with Gasteiger partial charge < -0.3 is 9.47 Å². The van der Waals surface area contributed by atoms with Gasteiger partial charge in [0.1, 0.15) is 12.2 Å². The molecule has 1 aromatic rings.